The van der Waals surface area contributed by atoms with Gasteiger partial charge < -0.3 is 20.1 Å². The van der Waals surface area contributed by atoms with Crippen LogP contribution in [-0.2, 0) is 14.3 Å². The number of nitrogens with zero attached hydrogens (tertiary/aromatic N) is 1. The summed E-state index contributed by atoms with van der Waals surface area (Å²) in [4.78, 5) is 34.6. The molecule has 8 heteroatoms. The number of nitriles is 1. The smallest absolute Gasteiger partial charge is 0.325 e. The molecule has 1 rings (SSSR count). The lowest BCUT2D eigenvalue weighted by molar-refractivity contribution is -0.147. The second-order valence-electron chi connectivity index (χ2n) is 4.56. The van der Waals surface area contributed by atoms with E-state index in [0.717, 1.165) is 0 Å². The maximum Gasteiger partial charge on any atom is 0.325 e. The number of benzene rings is 1. The summed E-state index contributed by atoms with van der Waals surface area (Å²) >= 11 is 0. The van der Waals surface area contributed by atoms with Crippen LogP contribution in [0.25, 0.3) is 0 Å². The number of nitrogens with one attached hydrogen (secondary N) is 2. The van der Waals surface area contributed by atoms with E-state index < -0.39 is 24.4 Å². The predicted octanol–water partition coefficient (Wildman–Crippen LogP) is 0.388. The van der Waals surface area contributed by atoms with Gasteiger partial charge in [-0.1, -0.05) is 0 Å². The van der Waals surface area contributed by atoms with E-state index in [2.05, 4.69) is 10.6 Å². The van der Waals surface area contributed by atoms with Crippen LogP contribution in [0.2, 0.25) is 0 Å². The molecule has 0 aliphatic carbocycles. The van der Waals surface area contributed by atoms with Gasteiger partial charge in [0.1, 0.15) is 12.3 Å². The van der Waals surface area contributed by atoms with Gasteiger partial charge in [0.15, 0.2) is 6.61 Å². The second kappa shape index (κ2) is 10.6. The molecule has 0 atom stereocenters. The Bertz CT molecular complexity index is 607. The average molecular weight is 333 g/mol. The third-order valence-electron chi connectivity index (χ3n) is 2.74. The van der Waals surface area contributed by atoms with Crippen LogP contribution < -0.4 is 15.4 Å². The SMILES string of the molecule is CCOc1ccc(C(=O)NCC(=O)OCC(=O)NCCC#N)cc1. The van der Waals surface area contributed by atoms with Crippen molar-refractivity contribution in [3.8, 4) is 11.8 Å². The summed E-state index contributed by atoms with van der Waals surface area (Å²) in [5, 5.41) is 13.1. The van der Waals surface area contributed by atoms with E-state index in [1.165, 1.54) is 0 Å². The van der Waals surface area contributed by atoms with Crippen LogP contribution in [-0.4, -0.2) is 44.1 Å². The Kier molecular flexibility index (Phi) is 8.39. The van der Waals surface area contributed by atoms with Crippen LogP contribution >= 0.6 is 0 Å². The van der Waals surface area contributed by atoms with Crippen molar-refractivity contribution in [1.29, 1.82) is 5.26 Å². The van der Waals surface area contributed by atoms with Gasteiger partial charge in [-0.05, 0) is 31.2 Å². The monoisotopic (exact) mass is 333 g/mol. The number of ether oxygens (including phenoxy) is 2. The molecule has 0 saturated heterocycles. The lowest BCUT2D eigenvalue weighted by Crippen LogP contribution is -2.34. The van der Waals surface area contributed by atoms with Crippen LogP contribution in [0.1, 0.15) is 23.7 Å². The van der Waals surface area contributed by atoms with Crippen molar-refractivity contribution >= 4 is 17.8 Å². The Balaban J connectivity index is 2.29. The fraction of sp³-hybridized carbons (Fsp3) is 0.375. The van der Waals surface area contributed by atoms with Crippen molar-refractivity contribution in [3.05, 3.63) is 29.8 Å². The maximum absolute atomic E-state index is 11.9. The summed E-state index contributed by atoms with van der Waals surface area (Å²) in [7, 11) is 0. The number of rotatable bonds is 9. The Morgan fingerprint density at radius 3 is 2.50 bits per heavy atom. The van der Waals surface area contributed by atoms with E-state index in [4.69, 9.17) is 14.7 Å². The summed E-state index contributed by atoms with van der Waals surface area (Å²) < 4.78 is 9.97. The fourth-order valence-corrected chi connectivity index (χ4v) is 1.63. The van der Waals surface area contributed by atoms with Gasteiger partial charge in [-0.3, -0.25) is 14.4 Å². The van der Waals surface area contributed by atoms with Gasteiger partial charge in [0.25, 0.3) is 11.8 Å². The summed E-state index contributed by atoms with van der Waals surface area (Å²) in [5.41, 5.74) is 0.375. The Hall–Kier alpha value is -3.08. The van der Waals surface area contributed by atoms with Gasteiger partial charge in [0.2, 0.25) is 0 Å². The summed E-state index contributed by atoms with van der Waals surface area (Å²) in [6, 6.07) is 8.33. The first kappa shape index (κ1) is 19.0. The molecule has 0 unspecified atom stereocenters. The van der Waals surface area contributed by atoms with Crippen molar-refractivity contribution < 1.29 is 23.9 Å². The Morgan fingerprint density at radius 2 is 1.88 bits per heavy atom. The zero-order valence-corrected chi connectivity index (χ0v) is 13.3. The quantitative estimate of drug-likeness (QED) is 0.498. The third kappa shape index (κ3) is 7.26. The minimum absolute atomic E-state index is 0.178. The predicted molar refractivity (Wildman–Crippen MR) is 84.1 cm³/mol. The summed E-state index contributed by atoms with van der Waals surface area (Å²) in [6.07, 6.45) is 0.178. The molecule has 1 aromatic carbocycles. The van der Waals surface area contributed by atoms with E-state index in [0.29, 0.717) is 17.9 Å². The van der Waals surface area contributed by atoms with Crippen LogP contribution in [0.4, 0.5) is 0 Å². The summed E-state index contributed by atoms with van der Waals surface area (Å²) in [5.74, 6) is -1.02. The highest BCUT2D eigenvalue weighted by molar-refractivity contribution is 5.96. The number of esters is 1. The van der Waals surface area contributed by atoms with Crippen molar-refractivity contribution in [2.45, 2.75) is 13.3 Å². The van der Waals surface area contributed by atoms with Gasteiger partial charge in [0, 0.05) is 12.1 Å². The molecule has 2 amide bonds. The van der Waals surface area contributed by atoms with Crippen molar-refractivity contribution in [1.82, 2.24) is 10.6 Å². The molecule has 0 spiro atoms. The average Bonchev–Trinajstić information content (AvgIpc) is 2.59. The summed E-state index contributed by atoms with van der Waals surface area (Å²) in [6.45, 7) is 1.78. The van der Waals surface area contributed by atoms with Crippen LogP contribution in [0.5, 0.6) is 5.75 Å². The molecule has 1 aromatic rings. The number of amides is 2. The van der Waals surface area contributed by atoms with Gasteiger partial charge in [-0.2, -0.15) is 5.26 Å². The van der Waals surface area contributed by atoms with E-state index in [-0.39, 0.29) is 19.5 Å². The molecular weight excluding hydrogens is 314 g/mol. The lowest BCUT2D eigenvalue weighted by Gasteiger charge is -2.07. The first-order valence-corrected chi connectivity index (χ1v) is 7.37. The van der Waals surface area contributed by atoms with Gasteiger partial charge in [0.05, 0.1) is 19.1 Å². The van der Waals surface area contributed by atoms with Gasteiger partial charge in [-0.25, -0.2) is 0 Å². The largest absolute Gasteiger partial charge is 0.494 e. The van der Waals surface area contributed by atoms with E-state index in [1.807, 2.05) is 13.0 Å². The Labute approximate surface area is 139 Å². The standard InChI is InChI=1S/C16H19N3O5/c1-2-23-13-6-4-12(5-7-13)16(22)19-10-15(21)24-11-14(20)18-9-3-8-17/h4-7H,2-3,9-11H2,1H3,(H,18,20)(H,19,22). The van der Waals surface area contributed by atoms with E-state index in [9.17, 15) is 14.4 Å². The molecule has 0 aliphatic rings. The van der Waals surface area contributed by atoms with Crippen molar-refractivity contribution in [2.75, 3.05) is 26.3 Å². The second-order valence-corrected chi connectivity index (χ2v) is 4.56. The number of hydrogen-bond acceptors (Lipinski definition) is 6. The van der Waals surface area contributed by atoms with E-state index >= 15 is 0 Å². The minimum Gasteiger partial charge on any atom is -0.494 e. The molecule has 0 saturated carbocycles. The van der Waals surface area contributed by atoms with Crippen LogP contribution in [0, 0.1) is 11.3 Å². The molecule has 0 aliphatic heterocycles. The molecule has 0 aromatic heterocycles. The topological polar surface area (TPSA) is 118 Å². The van der Waals surface area contributed by atoms with Gasteiger partial charge in [-0.15, -0.1) is 0 Å². The van der Waals surface area contributed by atoms with Crippen molar-refractivity contribution in [3.63, 3.8) is 0 Å². The maximum atomic E-state index is 11.9. The molecule has 8 nitrogen and oxygen atoms in total. The molecule has 0 radical (unpaired) electrons. The number of carbonyl (C=O) groups is 3. The number of carbonyl (C=O) groups excluding carboxylic acids is 3. The number of hydrogen-bond donors (Lipinski definition) is 2. The van der Waals surface area contributed by atoms with Crippen LogP contribution in [0.3, 0.4) is 0 Å². The lowest BCUT2D eigenvalue weighted by atomic mass is 10.2. The first-order chi connectivity index (χ1) is 11.6. The minimum atomic E-state index is -0.732. The zero-order valence-electron chi connectivity index (χ0n) is 13.3. The molecule has 24 heavy (non-hydrogen) atoms. The molecule has 0 bridgehead atoms. The highest BCUT2D eigenvalue weighted by atomic mass is 16.5. The molecule has 0 fully saturated rings. The third-order valence-corrected chi connectivity index (χ3v) is 2.74. The molecule has 2 N–H and O–H groups in total. The highest BCUT2D eigenvalue weighted by Gasteiger charge is 2.10. The fourth-order valence-electron chi connectivity index (χ4n) is 1.63. The van der Waals surface area contributed by atoms with Crippen LogP contribution in [0.15, 0.2) is 24.3 Å². The first-order valence-electron chi connectivity index (χ1n) is 7.37. The normalized spacial score (nSPS) is 9.50. The Morgan fingerprint density at radius 1 is 1.17 bits per heavy atom. The molecule has 128 valence electrons. The molecular formula is C16H19N3O5. The van der Waals surface area contributed by atoms with Gasteiger partial charge >= 0.3 is 5.97 Å². The highest BCUT2D eigenvalue weighted by Crippen LogP contribution is 2.11. The zero-order chi connectivity index (χ0) is 17.8. The van der Waals surface area contributed by atoms with E-state index in [1.54, 1.807) is 24.3 Å². The molecule has 0 heterocycles. The van der Waals surface area contributed by atoms with Crippen molar-refractivity contribution in [2.24, 2.45) is 0 Å².